The summed E-state index contributed by atoms with van der Waals surface area (Å²) in [5, 5.41) is 85.1. The molecule has 0 aliphatic carbocycles. The van der Waals surface area contributed by atoms with Gasteiger partial charge in [-0.15, -0.1) is 23.5 Å². The van der Waals surface area contributed by atoms with Gasteiger partial charge in [0, 0.05) is 48.4 Å². The first kappa shape index (κ1) is 116. The number of nitrogens with two attached hydrogens (primary N) is 1. The van der Waals surface area contributed by atoms with E-state index < -0.39 is 36.9 Å². The molecule has 0 saturated carbocycles. The summed E-state index contributed by atoms with van der Waals surface area (Å²) in [6.07, 6.45) is 13.6. The highest BCUT2D eigenvalue weighted by atomic mass is 127. The van der Waals surface area contributed by atoms with Gasteiger partial charge in [0.15, 0.2) is 58.2 Å². The topological polar surface area (TPSA) is 611 Å². The molecule has 14 aromatic heterocycles. The van der Waals surface area contributed by atoms with Crippen LogP contribution in [0.5, 0.6) is 5.88 Å². The van der Waals surface area contributed by atoms with E-state index in [0.717, 1.165) is 106 Å². The summed E-state index contributed by atoms with van der Waals surface area (Å²) in [5.41, 5.74) is 9.97. The molecule has 0 unspecified atom stereocenters. The van der Waals surface area contributed by atoms with Crippen molar-refractivity contribution in [2.75, 3.05) is 42.0 Å². The maximum atomic E-state index is 11.1. The minimum Gasteiger partial charge on any atom is -0.480 e. The maximum absolute atomic E-state index is 11.1. The van der Waals surface area contributed by atoms with Crippen molar-refractivity contribution >= 4 is 357 Å². The molecule has 696 valence electrons. The number of ether oxygens (including phenoxy) is 5. The van der Waals surface area contributed by atoms with Gasteiger partial charge in [0.25, 0.3) is 11.1 Å². The van der Waals surface area contributed by atoms with Crippen LogP contribution in [0, 0.1) is 38.7 Å². The van der Waals surface area contributed by atoms with E-state index in [1.807, 2.05) is 27.3 Å². The Kier molecular flexibility index (Phi) is 54.2. The number of halogens is 10. The standard InChI is InChI=1S/C14H19IN4OS.C11H13IN4O4.C10H12IN5O3.C7H13ClO.C7H7IN4S.C5H3IN4O.C5H3IN4S.C5H4N4O.C2H5I.2CH4.ClI.H3N.H2O.P2S2/c1-4-9-8(3)6-10(20-9)19-13-11(12(15)18-19)14(21-5-2)17-7-16-13;1-19-11-8-9(12)15-16(10(8)13-4-14-11)7-2-5(18)6(3-17)20-7;11-8-7-9(12)13-3-14-10(7)16(15-8)6-1-4(18)5(2-17)19-6;1-3-6-5(2)4-7(8)9-6;1-2-13-7-4-5(8)11-12-6(4)9-3-10-7;2*6-3-2-4(10-9-3)7-1-8-5(2)11;10-5-3-1-8-9-4(3)6-2-7-5;1-2-3;;;1-2;;;3-1-2-4/h7-10H,4-6H2,1-3H3;4-7,17-18H,2-3H2,1H3;3-6,17-18H,1-2H2,(H2,12,13,14);5-7H,3-4H2,1-2H3;3H,2H2,1H3,(H,9,10,11,12);2*1H,(H2,7,8,9,10,11);1-2H,(H2,6,7,8,9,10);2H2,1H3;2*1H4;;1H3;1H2;/t8-,9-,10-;5-,6-,7-;4-,5-,6-;5-,6-,7+;;;;;;;;;;;/m1111.........../s1. The molecule has 127 heavy (non-hydrogen) atoms. The number of nitrogens with one attached hydrogen (secondary N) is 7. The molecule has 0 amide bonds. The summed E-state index contributed by atoms with van der Waals surface area (Å²) in [6, 6.07) is 0. The van der Waals surface area contributed by atoms with E-state index in [1.54, 1.807) is 73.3 Å². The number of methoxy groups -OCH3 is 1. The number of hydrogen-bond acceptors (Lipinski definition) is 36. The number of aliphatic hydroxyl groups is 4. The van der Waals surface area contributed by atoms with Crippen LogP contribution < -0.4 is 27.7 Å². The first-order valence-corrected chi connectivity index (χ1v) is 54.6. The summed E-state index contributed by atoms with van der Waals surface area (Å²) in [5.74, 6) is 4.01. The number of aromatic nitrogens is 28. The predicted molar refractivity (Wildman–Crippen MR) is 571 cm³/mol. The number of aromatic amines is 7. The highest BCUT2D eigenvalue weighted by molar-refractivity contribution is 14.1. The fourth-order valence-electron chi connectivity index (χ4n) is 12.2. The lowest BCUT2D eigenvalue weighted by atomic mass is 10.0. The molecule has 0 aromatic carbocycles. The zero-order valence-corrected chi connectivity index (χ0v) is 91.5. The number of nitrogens with zero attached hydrogens (tertiary/aromatic N) is 21. The van der Waals surface area contributed by atoms with E-state index >= 15 is 0 Å². The van der Waals surface area contributed by atoms with Crippen LogP contribution in [0.15, 0.2) is 70.1 Å². The molecule has 0 spiro atoms. The van der Waals surface area contributed by atoms with Gasteiger partial charge in [-0.1, -0.05) is 110 Å². The fraction of sp³-hybridized carbons (Fsp3) is 0.485. The molecular formula is C68H92Cl2I8N30O12P2S5. The molecule has 0 radical (unpaired) electrons. The fourth-order valence-corrected chi connectivity index (χ4v) is 18.9. The summed E-state index contributed by atoms with van der Waals surface area (Å²) >= 11 is 39.7. The van der Waals surface area contributed by atoms with Crippen molar-refractivity contribution < 1.29 is 49.6 Å². The monoisotopic (exact) mass is 2830 g/mol. The van der Waals surface area contributed by atoms with Gasteiger partial charge in [0.05, 0.1) is 91.5 Å². The first-order chi connectivity index (χ1) is 59.3. The quantitative estimate of drug-likeness (QED) is 0.0127. The van der Waals surface area contributed by atoms with E-state index in [2.05, 4.69) is 342 Å². The number of anilines is 1. The number of thioether (sulfide) groups is 2. The second kappa shape index (κ2) is 59.1. The van der Waals surface area contributed by atoms with Crippen molar-refractivity contribution in [1.82, 2.24) is 146 Å². The van der Waals surface area contributed by atoms with E-state index in [1.165, 1.54) is 43.0 Å². The van der Waals surface area contributed by atoms with Crippen LogP contribution in [0.4, 0.5) is 5.82 Å². The summed E-state index contributed by atoms with van der Waals surface area (Å²) in [7, 11) is 7.88. The number of hydrogen-bond donors (Lipinski definition) is 13. The van der Waals surface area contributed by atoms with Gasteiger partial charge < -0.3 is 76.4 Å². The molecule has 59 heteroatoms. The van der Waals surface area contributed by atoms with Crippen LogP contribution in [0.2, 0.25) is 0 Å². The SMILES string of the molecule is C.C.CCI.CCSc1ncnc2c1c(I)nn2[C@H]1C[C@@H](C)[C@@H](CC)O1.CCSc1ncnc2n[nH]c(I)c12.CC[C@H]1O[C@H](Cl)C[C@H]1C.COc1ncnc2c1c(I)nn2[C@H]1C[C@@H](O)[C@@H](CO)O1.ClI.N.Nc1ncnc2c1c(I)nn2[C@H]1C[C@@H](O)[C@@H](CO)O1.O.O=c1[nH]cnc2[nH]ncc12.O=c1[nH]cnc2n[nH]c(I)c12.S=PP=S.S=c1nc[nH]c2n[nH]c(I)c12. The number of rotatable bonds is 13. The largest absolute Gasteiger partial charge is 0.480 e. The van der Waals surface area contributed by atoms with Crippen LogP contribution >= 0.6 is 250 Å². The second-order valence-electron chi connectivity index (χ2n) is 25.3. The third-order valence-corrected chi connectivity index (χ3v) is 27.3. The Morgan fingerprint density at radius 2 is 1.00 bits per heavy atom. The minimum atomic E-state index is -0.717. The number of aliphatic hydroxyl groups excluding tert-OH is 4. The molecule has 4 fully saturated rings. The number of fused-ring (bicyclic) bond motifs is 7. The van der Waals surface area contributed by atoms with E-state index in [9.17, 15) is 19.8 Å². The molecule has 18 N–H and O–H groups in total. The van der Waals surface area contributed by atoms with Crippen molar-refractivity contribution in [3.05, 3.63) is 98.0 Å². The predicted octanol–water partition coefficient (Wildman–Crippen LogP) is 14.9. The Bertz CT molecular complexity index is 5830. The van der Waals surface area contributed by atoms with Gasteiger partial charge in [-0.2, -0.15) is 35.7 Å². The number of H-pyrrole nitrogens is 7. The molecular weight excluding hydrogens is 2740 g/mol. The van der Waals surface area contributed by atoms with Gasteiger partial charge in [-0.3, -0.25) is 30.0 Å². The van der Waals surface area contributed by atoms with Crippen molar-refractivity contribution in [3.63, 3.8) is 0 Å². The summed E-state index contributed by atoms with van der Waals surface area (Å²) < 4.78 is 39.8. The zero-order valence-electron chi connectivity index (χ0n) is 66.9. The normalized spacial score (nSPS) is 19.8. The first-order valence-electron chi connectivity index (χ1n) is 36.5. The second-order valence-corrected chi connectivity index (χ2v) is 40.8. The van der Waals surface area contributed by atoms with Crippen molar-refractivity contribution in [2.45, 2.75) is 173 Å². The van der Waals surface area contributed by atoms with Gasteiger partial charge in [0.1, 0.15) is 102 Å². The third-order valence-electron chi connectivity index (χ3n) is 17.7. The summed E-state index contributed by atoms with van der Waals surface area (Å²) in [4.78, 5) is 74.9. The Morgan fingerprint density at radius 3 is 1.49 bits per heavy atom. The molecule has 18 heterocycles. The molecule has 4 aliphatic heterocycles. The number of nitrogen functional groups attached to an aromatic ring is 1. The molecule has 18 rings (SSSR count). The zero-order chi connectivity index (χ0) is 89.7. The van der Waals surface area contributed by atoms with E-state index in [0.29, 0.717) is 108 Å². The third kappa shape index (κ3) is 31.0. The van der Waals surface area contributed by atoms with Gasteiger partial charge in [0.2, 0.25) is 5.88 Å². The smallest absolute Gasteiger partial charge is 0.262 e. The average Bonchev–Trinajstić information content (AvgIpc) is 1.62. The Labute approximate surface area is 871 Å². The average molecular weight is 2830 g/mol. The minimum absolute atomic E-state index is 0. The molecule has 12 atom stereocenters. The lowest BCUT2D eigenvalue weighted by molar-refractivity contribution is -0.0471. The Morgan fingerprint density at radius 1 is 0.559 bits per heavy atom. The molecule has 42 nitrogen and oxygen atoms in total. The van der Waals surface area contributed by atoms with Crippen LogP contribution in [0.3, 0.4) is 0 Å². The molecule has 14 aromatic rings. The molecule has 0 bridgehead atoms. The van der Waals surface area contributed by atoms with E-state index in [-0.39, 0.29) is 62.6 Å². The van der Waals surface area contributed by atoms with Crippen molar-refractivity contribution in [1.29, 1.82) is 0 Å². The lowest BCUT2D eigenvalue weighted by Crippen LogP contribution is -2.24. The van der Waals surface area contributed by atoms with Crippen LogP contribution in [-0.4, -0.2) is 244 Å². The van der Waals surface area contributed by atoms with Crippen LogP contribution in [-0.2, 0) is 42.6 Å². The molecule has 4 aliphatic rings. The van der Waals surface area contributed by atoms with Crippen molar-refractivity contribution in [3.8, 4) is 5.88 Å². The highest BCUT2D eigenvalue weighted by Gasteiger charge is 2.39. The van der Waals surface area contributed by atoms with Gasteiger partial charge in [-0.25, -0.2) is 68.9 Å². The molecule has 4 saturated heterocycles. The summed E-state index contributed by atoms with van der Waals surface area (Å²) in [6.45, 7) is 14.6. The lowest BCUT2D eigenvalue weighted by Gasteiger charge is -2.13. The van der Waals surface area contributed by atoms with Gasteiger partial charge in [-0.05, 0) is 222 Å². The van der Waals surface area contributed by atoms with E-state index in [4.69, 9.17) is 63.4 Å². The van der Waals surface area contributed by atoms with Gasteiger partial charge >= 0.3 is 0 Å². The Balaban J connectivity index is 0.000000303. The highest BCUT2D eigenvalue weighted by Crippen LogP contribution is 2.40. The Hall–Kier alpha value is -2.97. The van der Waals surface area contributed by atoms with Crippen molar-refractivity contribution in [2.24, 2.45) is 11.8 Å². The maximum Gasteiger partial charge on any atom is 0.262 e. The van der Waals surface area contributed by atoms with Crippen LogP contribution in [0.25, 0.3) is 77.2 Å². The number of alkyl halides is 2. The van der Waals surface area contributed by atoms with Crippen LogP contribution in [0.1, 0.15) is 121 Å².